The zero-order chi connectivity index (χ0) is 15.1. The summed E-state index contributed by atoms with van der Waals surface area (Å²) in [6.07, 6.45) is 5.30. The first-order valence-corrected chi connectivity index (χ1v) is 6.34. The fraction of sp³-hybridized carbons (Fsp3) is 0.200. The van der Waals surface area contributed by atoms with E-state index in [2.05, 4.69) is 22.1 Å². The molecule has 0 aliphatic rings. The number of anilines is 1. The molecule has 0 spiro atoms. The zero-order valence-electron chi connectivity index (χ0n) is 11.2. The Labute approximate surface area is 121 Å². The van der Waals surface area contributed by atoms with Crippen molar-refractivity contribution in [3.8, 4) is 11.8 Å². The first kappa shape index (κ1) is 14.8. The number of nitrogens with one attached hydrogen (secondary N) is 1. The summed E-state index contributed by atoms with van der Waals surface area (Å²) in [6, 6.07) is 3.91. The van der Waals surface area contributed by atoms with Gasteiger partial charge in [0.1, 0.15) is 12.4 Å². The van der Waals surface area contributed by atoms with Gasteiger partial charge in [0.2, 0.25) is 5.91 Å². The summed E-state index contributed by atoms with van der Waals surface area (Å²) in [7, 11) is 0. The minimum absolute atomic E-state index is 0.206. The lowest BCUT2D eigenvalue weighted by Gasteiger charge is -2.08. The van der Waals surface area contributed by atoms with Gasteiger partial charge in [-0.15, -0.1) is 0 Å². The van der Waals surface area contributed by atoms with Crippen LogP contribution in [0.4, 0.5) is 10.1 Å². The van der Waals surface area contributed by atoms with Gasteiger partial charge in [0.05, 0.1) is 17.6 Å². The molecular formula is C15H14FN3O2. The van der Waals surface area contributed by atoms with Gasteiger partial charge in [-0.05, 0) is 18.2 Å². The van der Waals surface area contributed by atoms with Crippen molar-refractivity contribution in [1.82, 2.24) is 9.55 Å². The highest BCUT2D eigenvalue weighted by molar-refractivity contribution is 5.92. The van der Waals surface area contributed by atoms with Crippen molar-refractivity contribution in [3.63, 3.8) is 0 Å². The van der Waals surface area contributed by atoms with Gasteiger partial charge in [-0.2, -0.15) is 0 Å². The summed E-state index contributed by atoms with van der Waals surface area (Å²) in [5.74, 6) is 4.39. The highest BCUT2D eigenvalue weighted by Gasteiger charge is 2.07. The monoisotopic (exact) mass is 287 g/mol. The Hall–Kier alpha value is -2.65. The molecule has 21 heavy (non-hydrogen) atoms. The van der Waals surface area contributed by atoms with Crippen molar-refractivity contribution in [2.45, 2.75) is 13.0 Å². The van der Waals surface area contributed by atoms with E-state index in [0.717, 1.165) is 0 Å². The summed E-state index contributed by atoms with van der Waals surface area (Å²) in [5, 5.41) is 11.4. The SMILES string of the molecule is O=C(CCn1ccnc1)Nc1ccc(F)cc1C#CCO. The molecule has 0 aliphatic carbocycles. The third-order valence-corrected chi connectivity index (χ3v) is 2.71. The maximum absolute atomic E-state index is 13.2. The molecule has 1 amide bonds. The number of halogens is 1. The van der Waals surface area contributed by atoms with E-state index in [-0.39, 0.29) is 18.9 Å². The number of hydrogen-bond acceptors (Lipinski definition) is 3. The highest BCUT2D eigenvalue weighted by atomic mass is 19.1. The molecule has 0 bridgehead atoms. The minimum Gasteiger partial charge on any atom is -0.384 e. The van der Waals surface area contributed by atoms with Crippen molar-refractivity contribution >= 4 is 11.6 Å². The van der Waals surface area contributed by atoms with E-state index in [1.807, 2.05) is 0 Å². The van der Waals surface area contributed by atoms with Crippen molar-refractivity contribution in [2.24, 2.45) is 0 Å². The molecule has 1 heterocycles. The first-order chi connectivity index (χ1) is 10.2. The largest absolute Gasteiger partial charge is 0.384 e. The number of carbonyl (C=O) groups is 1. The first-order valence-electron chi connectivity index (χ1n) is 6.34. The van der Waals surface area contributed by atoms with E-state index in [4.69, 9.17) is 5.11 Å². The molecular weight excluding hydrogens is 273 g/mol. The molecule has 2 rings (SSSR count). The van der Waals surface area contributed by atoms with E-state index in [0.29, 0.717) is 17.8 Å². The molecule has 2 aromatic rings. The predicted molar refractivity (Wildman–Crippen MR) is 75.8 cm³/mol. The third kappa shape index (κ3) is 4.44. The van der Waals surface area contributed by atoms with Gasteiger partial charge in [-0.3, -0.25) is 4.79 Å². The predicted octanol–water partition coefficient (Wildman–Crippen LogP) is 1.39. The van der Waals surface area contributed by atoms with E-state index in [1.165, 1.54) is 18.2 Å². The summed E-state index contributed by atoms with van der Waals surface area (Å²) in [6.45, 7) is 0.176. The Kier molecular flexibility index (Phi) is 5.07. The maximum atomic E-state index is 13.2. The number of nitrogens with zero attached hydrogens (tertiary/aromatic N) is 2. The summed E-state index contributed by atoms with van der Waals surface area (Å²) in [5.41, 5.74) is 0.757. The molecule has 0 saturated heterocycles. The summed E-state index contributed by atoms with van der Waals surface area (Å²) in [4.78, 5) is 15.8. The van der Waals surface area contributed by atoms with Crippen molar-refractivity contribution in [1.29, 1.82) is 0 Å². The lowest BCUT2D eigenvalue weighted by Crippen LogP contribution is -2.15. The molecule has 0 saturated carbocycles. The number of carbonyl (C=O) groups excluding carboxylic acids is 1. The second-order valence-corrected chi connectivity index (χ2v) is 4.25. The van der Waals surface area contributed by atoms with Gasteiger partial charge in [-0.1, -0.05) is 11.8 Å². The topological polar surface area (TPSA) is 67.2 Å². The van der Waals surface area contributed by atoms with Crippen LogP contribution in [0.2, 0.25) is 0 Å². The Morgan fingerprint density at radius 3 is 3.05 bits per heavy atom. The molecule has 1 aromatic carbocycles. The molecule has 0 atom stereocenters. The van der Waals surface area contributed by atoms with Gasteiger partial charge in [0.25, 0.3) is 0 Å². The van der Waals surface area contributed by atoms with Crippen LogP contribution in [0.1, 0.15) is 12.0 Å². The molecule has 5 nitrogen and oxygen atoms in total. The number of aliphatic hydroxyl groups excluding tert-OH is 1. The number of amides is 1. The molecule has 0 unspecified atom stereocenters. The van der Waals surface area contributed by atoms with Gasteiger partial charge < -0.3 is 15.0 Å². The van der Waals surface area contributed by atoms with E-state index in [9.17, 15) is 9.18 Å². The Bertz CT molecular complexity index is 672. The van der Waals surface area contributed by atoms with E-state index < -0.39 is 5.82 Å². The lowest BCUT2D eigenvalue weighted by atomic mass is 10.1. The number of aliphatic hydroxyl groups is 1. The van der Waals surface area contributed by atoms with Gasteiger partial charge in [0.15, 0.2) is 0 Å². The molecule has 108 valence electrons. The van der Waals surface area contributed by atoms with Crippen LogP contribution in [0.15, 0.2) is 36.9 Å². The Morgan fingerprint density at radius 2 is 2.33 bits per heavy atom. The molecule has 1 aromatic heterocycles. The molecule has 6 heteroatoms. The van der Waals surface area contributed by atoms with Crippen molar-refractivity contribution < 1.29 is 14.3 Å². The molecule has 2 N–H and O–H groups in total. The Balaban J connectivity index is 2.02. The number of aromatic nitrogens is 2. The number of hydrogen-bond donors (Lipinski definition) is 2. The maximum Gasteiger partial charge on any atom is 0.226 e. The summed E-state index contributed by atoms with van der Waals surface area (Å²) < 4.78 is 15.0. The average Bonchev–Trinajstić information content (AvgIpc) is 2.98. The molecule has 0 aliphatic heterocycles. The van der Waals surface area contributed by atoms with Crippen molar-refractivity contribution in [2.75, 3.05) is 11.9 Å². The van der Waals surface area contributed by atoms with Crippen LogP contribution in [0.25, 0.3) is 0 Å². The van der Waals surface area contributed by atoms with Crippen molar-refractivity contribution in [3.05, 3.63) is 48.3 Å². The van der Waals surface area contributed by atoms with Crippen LogP contribution in [0, 0.1) is 17.7 Å². The van der Waals surface area contributed by atoms with Crippen LogP contribution in [0.5, 0.6) is 0 Å². The second kappa shape index (κ2) is 7.22. The standard InChI is InChI=1S/C15H14FN3O2/c16-13-3-4-14(12(10-13)2-1-9-20)18-15(21)5-7-19-8-6-17-11-19/h3-4,6,8,10-11,20H,5,7,9H2,(H,18,21). The molecule has 0 fully saturated rings. The average molecular weight is 287 g/mol. The quantitative estimate of drug-likeness (QED) is 0.835. The number of benzene rings is 1. The molecule has 0 radical (unpaired) electrons. The van der Waals surface area contributed by atoms with E-state index >= 15 is 0 Å². The fourth-order valence-electron chi connectivity index (χ4n) is 1.73. The Morgan fingerprint density at radius 1 is 1.48 bits per heavy atom. The van der Waals surface area contributed by atoms with Gasteiger partial charge in [-0.25, -0.2) is 9.37 Å². The normalized spacial score (nSPS) is 9.81. The third-order valence-electron chi connectivity index (χ3n) is 2.71. The van der Waals surface area contributed by atoms with Crippen LogP contribution in [-0.4, -0.2) is 27.2 Å². The van der Waals surface area contributed by atoms with E-state index in [1.54, 1.807) is 23.3 Å². The minimum atomic E-state index is -0.450. The van der Waals surface area contributed by atoms with Crippen LogP contribution in [0.3, 0.4) is 0 Å². The summed E-state index contributed by atoms with van der Waals surface area (Å²) >= 11 is 0. The van der Waals surface area contributed by atoms with Gasteiger partial charge >= 0.3 is 0 Å². The smallest absolute Gasteiger partial charge is 0.226 e. The van der Waals surface area contributed by atoms with Crippen LogP contribution >= 0.6 is 0 Å². The number of imidazole rings is 1. The van der Waals surface area contributed by atoms with Crippen LogP contribution in [-0.2, 0) is 11.3 Å². The van der Waals surface area contributed by atoms with Gasteiger partial charge in [0, 0.05) is 25.4 Å². The zero-order valence-corrected chi connectivity index (χ0v) is 11.2. The van der Waals surface area contributed by atoms with Crippen LogP contribution < -0.4 is 5.32 Å². The second-order valence-electron chi connectivity index (χ2n) is 4.25. The highest BCUT2D eigenvalue weighted by Crippen LogP contribution is 2.16. The lowest BCUT2D eigenvalue weighted by molar-refractivity contribution is -0.116. The number of rotatable bonds is 4. The fourth-order valence-corrected chi connectivity index (χ4v) is 1.73. The number of aryl methyl sites for hydroxylation is 1.